The van der Waals surface area contributed by atoms with Gasteiger partial charge in [0.1, 0.15) is 0 Å². The number of nitrogens with one attached hydrogen (secondary N) is 1. The Hall–Kier alpha value is -2.29. The fourth-order valence-corrected chi connectivity index (χ4v) is 2.17. The lowest BCUT2D eigenvalue weighted by Gasteiger charge is -2.11. The smallest absolute Gasteiger partial charge is 0.0699 e. The van der Waals surface area contributed by atoms with Gasteiger partial charge in [-0.3, -0.25) is 15.1 Å². The van der Waals surface area contributed by atoms with Gasteiger partial charge in [0.2, 0.25) is 0 Å². The number of aromatic nitrogens is 2. The van der Waals surface area contributed by atoms with Crippen LogP contribution in [0.3, 0.4) is 0 Å². The minimum atomic E-state index is 1.07. The molecule has 0 saturated heterocycles. The molecular formula is C15H15N3. The molecule has 3 nitrogen and oxygen atoms in total. The molecule has 3 heteroatoms. The summed E-state index contributed by atoms with van der Waals surface area (Å²) in [4.78, 5) is 4.10. The molecule has 0 spiro atoms. The predicted molar refractivity (Wildman–Crippen MR) is 74.7 cm³/mol. The van der Waals surface area contributed by atoms with Crippen LogP contribution in [-0.2, 0) is 0 Å². The van der Waals surface area contributed by atoms with Crippen molar-refractivity contribution in [2.24, 2.45) is 0 Å². The minimum Gasteiger partial charge on any atom is -0.294 e. The molecule has 0 fully saturated rings. The normalized spacial score (nSPS) is 10.8. The Balaban J connectivity index is 2.08. The van der Waals surface area contributed by atoms with Crippen molar-refractivity contribution in [1.82, 2.24) is 9.66 Å². The van der Waals surface area contributed by atoms with Crippen LogP contribution >= 0.6 is 0 Å². The molecule has 0 bridgehead atoms. The van der Waals surface area contributed by atoms with E-state index in [9.17, 15) is 0 Å². The van der Waals surface area contributed by atoms with Gasteiger partial charge in [0.25, 0.3) is 0 Å². The Kier molecular flexibility index (Phi) is 2.52. The molecule has 3 rings (SSSR count). The summed E-state index contributed by atoms with van der Waals surface area (Å²) in [6, 6.07) is 10.4. The van der Waals surface area contributed by atoms with Crippen LogP contribution in [0.1, 0.15) is 11.1 Å². The molecule has 2 heterocycles. The highest BCUT2D eigenvalue weighted by Crippen LogP contribution is 2.21. The molecule has 0 radical (unpaired) electrons. The van der Waals surface area contributed by atoms with Crippen molar-refractivity contribution in [2.45, 2.75) is 13.8 Å². The summed E-state index contributed by atoms with van der Waals surface area (Å²) in [6.07, 6.45) is 5.78. The lowest BCUT2D eigenvalue weighted by Crippen LogP contribution is -2.08. The fourth-order valence-electron chi connectivity index (χ4n) is 2.17. The van der Waals surface area contributed by atoms with E-state index in [1.54, 1.807) is 6.20 Å². The SMILES string of the molecule is Cc1cnccc1Nn1cc(C)c2ccccc21. The summed E-state index contributed by atoms with van der Waals surface area (Å²) in [5.74, 6) is 0. The Morgan fingerprint density at radius 2 is 1.89 bits per heavy atom. The Morgan fingerprint density at radius 1 is 1.06 bits per heavy atom. The maximum atomic E-state index is 4.10. The number of fused-ring (bicyclic) bond motifs is 1. The standard InChI is InChI=1S/C15H15N3/c1-11-9-16-8-7-14(11)17-18-10-12(2)13-5-3-4-6-15(13)18/h3-10H,1-2H3,(H,16,17). The Labute approximate surface area is 106 Å². The minimum absolute atomic E-state index is 1.07. The number of pyridine rings is 1. The van der Waals surface area contributed by atoms with Gasteiger partial charge in [0, 0.05) is 24.0 Å². The number of anilines is 1. The van der Waals surface area contributed by atoms with E-state index in [2.05, 4.69) is 52.5 Å². The molecule has 18 heavy (non-hydrogen) atoms. The van der Waals surface area contributed by atoms with Gasteiger partial charge in [-0.15, -0.1) is 0 Å². The highest BCUT2D eigenvalue weighted by molar-refractivity contribution is 5.84. The topological polar surface area (TPSA) is 29.9 Å². The number of hydrogen-bond donors (Lipinski definition) is 1. The number of benzene rings is 1. The molecule has 0 atom stereocenters. The van der Waals surface area contributed by atoms with E-state index in [4.69, 9.17) is 0 Å². The molecule has 2 aromatic heterocycles. The van der Waals surface area contributed by atoms with Crippen molar-refractivity contribution in [3.63, 3.8) is 0 Å². The largest absolute Gasteiger partial charge is 0.294 e. The first-order valence-corrected chi connectivity index (χ1v) is 6.00. The maximum Gasteiger partial charge on any atom is 0.0699 e. The lowest BCUT2D eigenvalue weighted by molar-refractivity contribution is 0.998. The summed E-state index contributed by atoms with van der Waals surface area (Å²) in [5.41, 5.74) is 8.07. The second-order valence-electron chi connectivity index (χ2n) is 4.50. The number of nitrogens with zero attached hydrogens (tertiary/aromatic N) is 2. The average Bonchev–Trinajstić information content (AvgIpc) is 2.70. The average molecular weight is 237 g/mol. The van der Waals surface area contributed by atoms with E-state index in [-0.39, 0.29) is 0 Å². The highest BCUT2D eigenvalue weighted by Gasteiger charge is 2.05. The monoisotopic (exact) mass is 237 g/mol. The first-order valence-electron chi connectivity index (χ1n) is 6.00. The predicted octanol–water partition coefficient (Wildman–Crippen LogP) is 3.53. The Morgan fingerprint density at radius 3 is 2.72 bits per heavy atom. The van der Waals surface area contributed by atoms with E-state index in [0.717, 1.165) is 11.3 Å². The Bertz CT molecular complexity index is 698. The highest BCUT2D eigenvalue weighted by atomic mass is 15.4. The maximum absolute atomic E-state index is 4.10. The van der Waals surface area contributed by atoms with Crippen LogP contribution < -0.4 is 5.43 Å². The van der Waals surface area contributed by atoms with Crippen LogP contribution in [0.4, 0.5) is 5.69 Å². The molecule has 0 aliphatic carbocycles. The summed E-state index contributed by atoms with van der Waals surface area (Å²) >= 11 is 0. The van der Waals surface area contributed by atoms with Crippen LogP contribution in [0.5, 0.6) is 0 Å². The second-order valence-corrected chi connectivity index (χ2v) is 4.50. The second kappa shape index (κ2) is 4.18. The van der Waals surface area contributed by atoms with Crippen LogP contribution in [0, 0.1) is 13.8 Å². The van der Waals surface area contributed by atoms with E-state index >= 15 is 0 Å². The molecule has 0 saturated carbocycles. The van der Waals surface area contributed by atoms with Gasteiger partial charge >= 0.3 is 0 Å². The summed E-state index contributed by atoms with van der Waals surface area (Å²) in [7, 11) is 0. The lowest BCUT2D eigenvalue weighted by atomic mass is 10.2. The fraction of sp³-hybridized carbons (Fsp3) is 0.133. The van der Waals surface area contributed by atoms with Gasteiger partial charge in [-0.25, -0.2) is 0 Å². The molecule has 1 N–H and O–H groups in total. The third kappa shape index (κ3) is 1.74. The van der Waals surface area contributed by atoms with Gasteiger partial charge in [0.05, 0.1) is 11.2 Å². The van der Waals surface area contributed by atoms with Gasteiger partial charge in [-0.2, -0.15) is 0 Å². The van der Waals surface area contributed by atoms with E-state index in [1.807, 2.05) is 19.2 Å². The van der Waals surface area contributed by atoms with Crippen molar-refractivity contribution < 1.29 is 0 Å². The van der Waals surface area contributed by atoms with E-state index < -0.39 is 0 Å². The van der Waals surface area contributed by atoms with Crippen LogP contribution in [0.25, 0.3) is 10.9 Å². The van der Waals surface area contributed by atoms with Crippen LogP contribution in [0.15, 0.2) is 48.9 Å². The third-order valence-electron chi connectivity index (χ3n) is 3.17. The number of para-hydroxylation sites is 1. The number of rotatable bonds is 2. The van der Waals surface area contributed by atoms with Crippen molar-refractivity contribution in [3.05, 3.63) is 60.0 Å². The van der Waals surface area contributed by atoms with E-state index in [1.165, 1.54) is 16.5 Å². The molecule has 3 aromatic rings. The molecular weight excluding hydrogens is 222 g/mol. The quantitative estimate of drug-likeness (QED) is 0.739. The third-order valence-corrected chi connectivity index (χ3v) is 3.17. The molecule has 0 aliphatic rings. The molecule has 0 unspecified atom stereocenters. The molecule has 1 aromatic carbocycles. The molecule has 0 aliphatic heterocycles. The van der Waals surface area contributed by atoms with Crippen molar-refractivity contribution in [3.8, 4) is 0 Å². The first-order chi connectivity index (χ1) is 8.75. The van der Waals surface area contributed by atoms with Gasteiger partial charge < -0.3 is 0 Å². The van der Waals surface area contributed by atoms with E-state index in [0.29, 0.717) is 0 Å². The van der Waals surface area contributed by atoms with Crippen molar-refractivity contribution in [1.29, 1.82) is 0 Å². The zero-order chi connectivity index (χ0) is 12.5. The number of aryl methyl sites for hydroxylation is 2. The summed E-state index contributed by atoms with van der Waals surface area (Å²) < 4.78 is 2.06. The molecule has 0 amide bonds. The van der Waals surface area contributed by atoms with Crippen LogP contribution in [0.2, 0.25) is 0 Å². The summed E-state index contributed by atoms with van der Waals surface area (Å²) in [6.45, 7) is 4.17. The first kappa shape index (κ1) is 10.8. The van der Waals surface area contributed by atoms with Gasteiger partial charge in [0.15, 0.2) is 0 Å². The van der Waals surface area contributed by atoms with Gasteiger partial charge in [-0.1, -0.05) is 18.2 Å². The van der Waals surface area contributed by atoms with Crippen molar-refractivity contribution >= 4 is 16.6 Å². The number of hydrogen-bond acceptors (Lipinski definition) is 2. The van der Waals surface area contributed by atoms with Crippen LogP contribution in [-0.4, -0.2) is 9.66 Å². The zero-order valence-electron chi connectivity index (χ0n) is 10.5. The summed E-state index contributed by atoms with van der Waals surface area (Å²) in [5, 5.41) is 1.27. The van der Waals surface area contributed by atoms with Crippen molar-refractivity contribution in [2.75, 3.05) is 5.43 Å². The van der Waals surface area contributed by atoms with Gasteiger partial charge in [-0.05, 0) is 37.1 Å². The molecule has 90 valence electrons. The zero-order valence-corrected chi connectivity index (χ0v) is 10.5.